The van der Waals surface area contributed by atoms with Crippen LogP contribution in [0.3, 0.4) is 0 Å². The molecule has 0 fully saturated rings. The minimum atomic E-state index is -0.302. The van der Waals surface area contributed by atoms with Crippen LogP contribution in [0.5, 0.6) is 0 Å². The van der Waals surface area contributed by atoms with E-state index in [0.29, 0.717) is 5.69 Å². The van der Waals surface area contributed by atoms with Gasteiger partial charge in [-0.25, -0.2) is 10.1 Å². The third-order valence-corrected chi connectivity index (χ3v) is 3.89. The van der Waals surface area contributed by atoms with Crippen LogP contribution in [0, 0.1) is 0 Å². The third kappa shape index (κ3) is 4.06. The van der Waals surface area contributed by atoms with Crippen molar-refractivity contribution in [2.75, 3.05) is 0 Å². The molecule has 0 saturated heterocycles. The number of rotatable bonds is 4. The van der Waals surface area contributed by atoms with Crippen LogP contribution in [0.15, 0.2) is 71.8 Å². The van der Waals surface area contributed by atoms with E-state index < -0.39 is 0 Å². The number of carbonyl (C=O) groups is 1. The first-order chi connectivity index (χ1) is 12.4. The maximum Gasteiger partial charge on any atom is 0.290 e. The second-order valence-corrected chi connectivity index (χ2v) is 7.02. The van der Waals surface area contributed by atoms with Gasteiger partial charge in [0.1, 0.15) is 5.69 Å². The van der Waals surface area contributed by atoms with Gasteiger partial charge < -0.3 is 0 Å². The van der Waals surface area contributed by atoms with E-state index in [2.05, 4.69) is 36.4 Å². The molecule has 0 atom stereocenters. The second kappa shape index (κ2) is 7.35. The Balaban J connectivity index is 1.89. The molecule has 132 valence electrons. The quantitative estimate of drug-likeness (QED) is 0.575. The largest absolute Gasteiger partial charge is 0.290 e. The lowest BCUT2D eigenvalue weighted by Gasteiger charge is -2.14. The fourth-order valence-electron chi connectivity index (χ4n) is 2.44. The molecule has 0 aliphatic carbocycles. The predicted molar refractivity (Wildman–Crippen MR) is 104 cm³/mol. The van der Waals surface area contributed by atoms with Crippen LogP contribution in [-0.2, 0) is 5.41 Å². The van der Waals surface area contributed by atoms with Crippen molar-refractivity contribution in [2.24, 2.45) is 5.10 Å². The maximum atomic E-state index is 12.7. The Kier molecular flexibility index (Phi) is 4.98. The molecule has 26 heavy (non-hydrogen) atoms. The van der Waals surface area contributed by atoms with E-state index in [4.69, 9.17) is 0 Å². The molecule has 3 aromatic rings. The van der Waals surface area contributed by atoms with Gasteiger partial charge in [0.15, 0.2) is 0 Å². The van der Waals surface area contributed by atoms with Crippen LogP contribution >= 0.6 is 0 Å². The highest BCUT2D eigenvalue weighted by Crippen LogP contribution is 2.23. The Morgan fingerprint density at radius 3 is 2.27 bits per heavy atom. The number of nitrogens with zero attached hydrogens (tertiary/aromatic N) is 3. The Labute approximate surface area is 153 Å². The van der Waals surface area contributed by atoms with E-state index in [-0.39, 0.29) is 11.3 Å². The van der Waals surface area contributed by atoms with Gasteiger partial charge in [-0.1, -0.05) is 69.3 Å². The third-order valence-electron chi connectivity index (χ3n) is 3.89. The summed E-state index contributed by atoms with van der Waals surface area (Å²) in [6.45, 7) is 6.21. The van der Waals surface area contributed by atoms with Gasteiger partial charge in [0.25, 0.3) is 5.91 Å². The minimum absolute atomic E-state index is 0.164. The summed E-state index contributed by atoms with van der Waals surface area (Å²) in [6, 6.07) is 21.0. The molecule has 0 bridgehead atoms. The molecule has 1 aromatic heterocycles. The SMILES string of the molecule is CC(C)(C)c1cc(C(=O)NN=Cc2ccccc2)n(-c2ccccc2)n1. The first kappa shape index (κ1) is 17.6. The zero-order valence-electron chi connectivity index (χ0n) is 15.2. The summed E-state index contributed by atoms with van der Waals surface area (Å²) in [5, 5.41) is 8.70. The Morgan fingerprint density at radius 2 is 1.65 bits per heavy atom. The summed E-state index contributed by atoms with van der Waals surface area (Å²) in [7, 11) is 0. The lowest BCUT2D eigenvalue weighted by atomic mass is 9.92. The average molecular weight is 346 g/mol. The van der Waals surface area contributed by atoms with E-state index in [9.17, 15) is 4.79 Å². The zero-order chi connectivity index (χ0) is 18.6. The molecule has 3 rings (SSSR count). The highest BCUT2D eigenvalue weighted by Gasteiger charge is 2.23. The Morgan fingerprint density at radius 1 is 1.04 bits per heavy atom. The standard InChI is InChI=1S/C21H22N4O/c1-21(2,3)19-14-18(25(24-19)17-12-8-5-9-13-17)20(26)23-22-15-16-10-6-4-7-11-16/h4-15H,1-3H3,(H,23,26). The Bertz CT molecular complexity index is 906. The molecule has 0 radical (unpaired) electrons. The van der Waals surface area contributed by atoms with Crippen molar-refractivity contribution in [1.82, 2.24) is 15.2 Å². The number of amides is 1. The lowest BCUT2D eigenvalue weighted by Crippen LogP contribution is -2.21. The van der Waals surface area contributed by atoms with Gasteiger partial charge in [0, 0.05) is 5.41 Å². The van der Waals surface area contributed by atoms with E-state index in [0.717, 1.165) is 16.9 Å². The molecule has 1 N–H and O–H groups in total. The van der Waals surface area contributed by atoms with Gasteiger partial charge >= 0.3 is 0 Å². The number of nitrogens with one attached hydrogen (secondary N) is 1. The summed E-state index contributed by atoms with van der Waals surface area (Å²) >= 11 is 0. The number of hydrogen-bond acceptors (Lipinski definition) is 3. The molecule has 0 spiro atoms. The van der Waals surface area contributed by atoms with Crippen LogP contribution < -0.4 is 5.43 Å². The number of hydrazone groups is 1. The van der Waals surface area contributed by atoms with Crippen LogP contribution in [0.1, 0.15) is 42.5 Å². The number of hydrogen-bond donors (Lipinski definition) is 1. The predicted octanol–water partition coefficient (Wildman–Crippen LogP) is 3.93. The van der Waals surface area contributed by atoms with E-state index in [1.807, 2.05) is 66.7 Å². The van der Waals surface area contributed by atoms with Crippen molar-refractivity contribution in [2.45, 2.75) is 26.2 Å². The highest BCUT2D eigenvalue weighted by atomic mass is 16.2. The van der Waals surface area contributed by atoms with Crippen molar-refractivity contribution >= 4 is 12.1 Å². The molecule has 0 saturated carbocycles. The van der Waals surface area contributed by atoms with Crippen LogP contribution in [0.2, 0.25) is 0 Å². The topological polar surface area (TPSA) is 59.3 Å². The molecule has 2 aromatic carbocycles. The monoisotopic (exact) mass is 346 g/mol. The molecule has 0 unspecified atom stereocenters. The van der Waals surface area contributed by atoms with E-state index in [1.54, 1.807) is 10.9 Å². The van der Waals surface area contributed by atoms with E-state index in [1.165, 1.54) is 0 Å². The zero-order valence-corrected chi connectivity index (χ0v) is 15.2. The maximum absolute atomic E-state index is 12.7. The van der Waals surface area contributed by atoms with Crippen molar-refractivity contribution < 1.29 is 4.79 Å². The normalized spacial score (nSPS) is 11.7. The van der Waals surface area contributed by atoms with Crippen molar-refractivity contribution in [1.29, 1.82) is 0 Å². The fourth-order valence-corrected chi connectivity index (χ4v) is 2.44. The number of carbonyl (C=O) groups excluding carboxylic acids is 1. The summed E-state index contributed by atoms with van der Waals surface area (Å²) in [4.78, 5) is 12.7. The molecule has 0 aliphatic heterocycles. The van der Waals surface area contributed by atoms with Gasteiger partial charge in [-0.05, 0) is 23.8 Å². The van der Waals surface area contributed by atoms with Crippen molar-refractivity contribution in [3.8, 4) is 5.69 Å². The summed E-state index contributed by atoms with van der Waals surface area (Å²) in [6.07, 6.45) is 1.62. The Hall–Kier alpha value is -3.21. The van der Waals surface area contributed by atoms with Gasteiger partial charge in [0.2, 0.25) is 0 Å². The van der Waals surface area contributed by atoms with Gasteiger partial charge in [0.05, 0.1) is 17.6 Å². The smallest absolute Gasteiger partial charge is 0.266 e. The second-order valence-electron chi connectivity index (χ2n) is 7.02. The molecule has 1 amide bonds. The first-order valence-corrected chi connectivity index (χ1v) is 8.49. The van der Waals surface area contributed by atoms with Crippen LogP contribution in [0.25, 0.3) is 5.69 Å². The molecule has 5 nitrogen and oxygen atoms in total. The lowest BCUT2D eigenvalue weighted by molar-refractivity contribution is 0.0947. The molecular weight excluding hydrogens is 324 g/mol. The van der Waals surface area contributed by atoms with Crippen LogP contribution in [0.4, 0.5) is 0 Å². The molecule has 0 aliphatic rings. The van der Waals surface area contributed by atoms with Crippen molar-refractivity contribution in [3.63, 3.8) is 0 Å². The van der Waals surface area contributed by atoms with Gasteiger partial charge in [-0.15, -0.1) is 0 Å². The van der Waals surface area contributed by atoms with Crippen LogP contribution in [-0.4, -0.2) is 21.9 Å². The molecular formula is C21H22N4O. The van der Waals surface area contributed by atoms with Gasteiger partial charge in [-0.3, -0.25) is 4.79 Å². The first-order valence-electron chi connectivity index (χ1n) is 8.49. The van der Waals surface area contributed by atoms with Gasteiger partial charge in [-0.2, -0.15) is 10.2 Å². The minimum Gasteiger partial charge on any atom is -0.266 e. The summed E-state index contributed by atoms with van der Waals surface area (Å²) in [5.41, 5.74) is 5.47. The summed E-state index contributed by atoms with van der Waals surface area (Å²) < 4.78 is 1.66. The fraction of sp³-hybridized carbons (Fsp3) is 0.190. The average Bonchev–Trinajstić information content (AvgIpc) is 3.09. The number of para-hydroxylation sites is 1. The number of aromatic nitrogens is 2. The molecule has 5 heteroatoms. The number of benzene rings is 2. The molecule has 1 heterocycles. The summed E-state index contributed by atoms with van der Waals surface area (Å²) in [5.74, 6) is -0.302. The highest BCUT2D eigenvalue weighted by molar-refractivity contribution is 5.94. The van der Waals surface area contributed by atoms with Crippen molar-refractivity contribution in [3.05, 3.63) is 83.7 Å². The van der Waals surface area contributed by atoms with E-state index >= 15 is 0 Å².